The van der Waals surface area contributed by atoms with Gasteiger partial charge in [-0.2, -0.15) is 0 Å². The molecule has 1 fully saturated rings. The maximum atomic E-state index is 12.3. The van der Waals surface area contributed by atoms with Crippen LogP contribution in [0.2, 0.25) is 0 Å². The number of nitrogens with one attached hydrogen (secondary N) is 1. The molecule has 1 aromatic rings. The Morgan fingerprint density at radius 1 is 1.50 bits per heavy atom. The zero-order chi connectivity index (χ0) is 16.5. The Bertz CT molecular complexity index is 564. The molecule has 1 saturated heterocycles. The molecular weight excluding hydrogens is 300 g/mol. The number of aromatic nitrogens is 1. The average Bonchev–Trinajstić information content (AvgIpc) is 3.04. The quantitative estimate of drug-likeness (QED) is 0.928. The molecule has 6 nitrogen and oxygen atoms in total. The van der Waals surface area contributed by atoms with E-state index in [9.17, 15) is 9.59 Å². The molecule has 0 bridgehead atoms. The van der Waals surface area contributed by atoms with Gasteiger partial charge in [0, 0.05) is 17.3 Å². The lowest BCUT2D eigenvalue weighted by Gasteiger charge is -2.20. The van der Waals surface area contributed by atoms with Crippen molar-refractivity contribution in [3.8, 4) is 0 Å². The number of hydrogen-bond donors (Lipinski definition) is 1. The fourth-order valence-electron chi connectivity index (χ4n) is 2.18. The van der Waals surface area contributed by atoms with E-state index in [4.69, 9.17) is 0 Å². The fourth-order valence-corrected chi connectivity index (χ4v) is 3.23. The highest BCUT2D eigenvalue weighted by atomic mass is 32.1. The molecule has 1 atom stereocenters. The van der Waals surface area contributed by atoms with Crippen LogP contribution < -0.4 is 5.32 Å². The van der Waals surface area contributed by atoms with Gasteiger partial charge in [-0.1, -0.05) is 20.8 Å². The fraction of sp³-hybridized carbons (Fsp3) is 0.667. The summed E-state index contributed by atoms with van der Waals surface area (Å²) in [5.41, 5.74) is 1.03. The molecule has 122 valence electrons. The standard InChI is InChI=1S/C15H24N4O2S/c1-6-18-9-19(7-12(18)20)14(21)16-10(2)13-17-11(8-22-13)15(3,4)5/h8,10H,6-7,9H2,1-5H3,(H,16,21)/t10-/m0/s1. The second-order valence-electron chi connectivity index (χ2n) is 6.58. The van der Waals surface area contributed by atoms with Gasteiger partial charge in [-0.25, -0.2) is 9.78 Å². The number of nitrogens with zero attached hydrogens (tertiary/aromatic N) is 3. The summed E-state index contributed by atoms with van der Waals surface area (Å²) in [6, 6.07) is -0.385. The number of thiazole rings is 1. The Morgan fingerprint density at radius 3 is 2.68 bits per heavy atom. The normalized spacial score (nSPS) is 17.0. The highest BCUT2D eigenvalue weighted by Crippen LogP contribution is 2.26. The number of rotatable bonds is 3. The summed E-state index contributed by atoms with van der Waals surface area (Å²) < 4.78 is 0. The van der Waals surface area contributed by atoms with E-state index in [1.54, 1.807) is 16.2 Å². The van der Waals surface area contributed by atoms with E-state index in [1.165, 1.54) is 4.90 Å². The maximum Gasteiger partial charge on any atom is 0.319 e. The van der Waals surface area contributed by atoms with Gasteiger partial charge in [0.1, 0.15) is 11.6 Å². The van der Waals surface area contributed by atoms with Crippen molar-refractivity contribution < 1.29 is 9.59 Å². The van der Waals surface area contributed by atoms with E-state index >= 15 is 0 Å². The molecule has 0 unspecified atom stereocenters. The van der Waals surface area contributed by atoms with Gasteiger partial charge in [0.15, 0.2) is 0 Å². The first kappa shape index (κ1) is 16.7. The van der Waals surface area contributed by atoms with Gasteiger partial charge in [0.25, 0.3) is 0 Å². The molecule has 2 heterocycles. The topological polar surface area (TPSA) is 65.5 Å². The third-order valence-corrected chi connectivity index (χ3v) is 4.72. The van der Waals surface area contributed by atoms with Gasteiger partial charge in [0.2, 0.25) is 5.91 Å². The number of likely N-dealkylation sites (N-methyl/N-ethyl adjacent to an activating group) is 1. The van der Waals surface area contributed by atoms with Crippen LogP contribution >= 0.6 is 11.3 Å². The third-order valence-electron chi connectivity index (χ3n) is 3.69. The van der Waals surface area contributed by atoms with E-state index in [-0.39, 0.29) is 29.9 Å². The Hall–Kier alpha value is -1.63. The summed E-state index contributed by atoms with van der Waals surface area (Å²) in [7, 11) is 0. The molecule has 0 saturated carbocycles. The van der Waals surface area contributed by atoms with Crippen molar-refractivity contribution in [2.75, 3.05) is 19.8 Å². The van der Waals surface area contributed by atoms with Crippen LogP contribution in [0.3, 0.4) is 0 Å². The van der Waals surface area contributed by atoms with Gasteiger partial charge >= 0.3 is 6.03 Å². The zero-order valence-electron chi connectivity index (χ0n) is 13.8. The van der Waals surface area contributed by atoms with Crippen LogP contribution in [0, 0.1) is 0 Å². The van der Waals surface area contributed by atoms with Crippen LogP contribution in [0.5, 0.6) is 0 Å². The lowest BCUT2D eigenvalue weighted by atomic mass is 9.93. The minimum Gasteiger partial charge on any atom is -0.329 e. The van der Waals surface area contributed by atoms with Crippen LogP contribution in [0.15, 0.2) is 5.38 Å². The van der Waals surface area contributed by atoms with Crippen molar-refractivity contribution >= 4 is 23.3 Å². The minimum atomic E-state index is -0.218. The van der Waals surface area contributed by atoms with Gasteiger partial charge in [-0.05, 0) is 13.8 Å². The summed E-state index contributed by atoms with van der Waals surface area (Å²) in [6.07, 6.45) is 0. The minimum absolute atomic E-state index is 0.00147. The monoisotopic (exact) mass is 324 g/mol. The first-order valence-electron chi connectivity index (χ1n) is 7.51. The summed E-state index contributed by atoms with van der Waals surface area (Å²) in [6.45, 7) is 11.3. The molecule has 7 heteroatoms. The highest BCUT2D eigenvalue weighted by molar-refractivity contribution is 7.09. The number of hydrogen-bond acceptors (Lipinski definition) is 4. The van der Waals surface area contributed by atoms with Gasteiger partial charge < -0.3 is 10.2 Å². The smallest absolute Gasteiger partial charge is 0.319 e. The van der Waals surface area contributed by atoms with E-state index in [0.717, 1.165) is 10.7 Å². The van der Waals surface area contributed by atoms with Crippen molar-refractivity contribution in [3.63, 3.8) is 0 Å². The lowest BCUT2D eigenvalue weighted by molar-refractivity contribution is -0.126. The average molecular weight is 324 g/mol. The van der Waals surface area contributed by atoms with Crippen molar-refractivity contribution in [2.45, 2.75) is 46.1 Å². The first-order valence-corrected chi connectivity index (χ1v) is 8.39. The zero-order valence-corrected chi connectivity index (χ0v) is 14.7. The van der Waals surface area contributed by atoms with E-state index < -0.39 is 0 Å². The Morgan fingerprint density at radius 2 is 2.18 bits per heavy atom. The molecule has 2 rings (SSSR count). The molecule has 0 spiro atoms. The SMILES string of the molecule is CCN1CN(C(=O)N[C@@H](C)c2nc(C(C)(C)C)cs2)CC1=O. The number of urea groups is 1. The summed E-state index contributed by atoms with van der Waals surface area (Å²) >= 11 is 1.55. The Kier molecular flexibility index (Phi) is 4.75. The summed E-state index contributed by atoms with van der Waals surface area (Å²) in [4.78, 5) is 31.7. The van der Waals surface area contributed by atoms with Crippen molar-refractivity contribution in [3.05, 3.63) is 16.1 Å². The molecule has 0 radical (unpaired) electrons. The summed E-state index contributed by atoms with van der Waals surface area (Å²) in [5.74, 6) is -0.00503. The third kappa shape index (κ3) is 3.58. The van der Waals surface area contributed by atoms with Gasteiger partial charge in [0.05, 0.1) is 18.4 Å². The predicted octanol–water partition coefficient (Wildman–Crippen LogP) is 2.33. The van der Waals surface area contributed by atoms with Crippen LogP contribution in [0.25, 0.3) is 0 Å². The highest BCUT2D eigenvalue weighted by Gasteiger charge is 2.30. The molecule has 3 amide bonds. The first-order chi connectivity index (χ1) is 10.2. The molecule has 0 aromatic carbocycles. The van der Waals surface area contributed by atoms with Crippen LogP contribution in [0.1, 0.15) is 51.4 Å². The number of carbonyl (C=O) groups is 2. The number of carbonyl (C=O) groups excluding carboxylic acids is 2. The summed E-state index contributed by atoms with van der Waals surface area (Å²) in [5, 5.41) is 5.85. The second kappa shape index (κ2) is 6.24. The van der Waals surface area contributed by atoms with Crippen molar-refractivity contribution in [2.24, 2.45) is 0 Å². The Labute approximate surface area is 135 Å². The van der Waals surface area contributed by atoms with Gasteiger partial charge in [-0.15, -0.1) is 11.3 Å². The van der Waals surface area contributed by atoms with E-state index in [0.29, 0.717) is 13.2 Å². The molecule has 1 N–H and O–H groups in total. The van der Waals surface area contributed by atoms with Crippen LogP contribution in [0.4, 0.5) is 4.79 Å². The largest absolute Gasteiger partial charge is 0.329 e. The van der Waals surface area contributed by atoms with Crippen LogP contribution in [-0.4, -0.2) is 46.5 Å². The molecule has 0 aliphatic carbocycles. The predicted molar refractivity (Wildman–Crippen MR) is 86.7 cm³/mol. The molecule has 1 aliphatic rings. The number of amides is 3. The van der Waals surface area contributed by atoms with E-state index in [1.807, 2.05) is 19.2 Å². The van der Waals surface area contributed by atoms with E-state index in [2.05, 4.69) is 31.1 Å². The van der Waals surface area contributed by atoms with Crippen molar-refractivity contribution in [1.82, 2.24) is 20.1 Å². The molecule has 22 heavy (non-hydrogen) atoms. The van der Waals surface area contributed by atoms with Crippen molar-refractivity contribution in [1.29, 1.82) is 0 Å². The lowest BCUT2D eigenvalue weighted by Crippen LogP contribution is -2.40. The molecule has 1 aliphatic heterocycles. The second-order valence-corrected chi connectivity index (χ2v) is 7.47. The van der Waals surface area contributed by atoms with Gasteiger partial charge in [-0.3, -0.25) is 9.69 Å². The molecular formula is C15H24N4O2S. The Balaban J connectivity index is 1.97. The maximum absolute atomic E-state index is 12.3. The van der Waals surface area contributed by atoms with Crippen LogP contribution in [-0.2, 0) is 10.2 Å². The molecule has 1 aromatic heterocycles.